The standard InChI is InChI=1S/C6H14Cl2NO/c1-9(2,3)6(8)5(10)4-7/h5-6,10H,4H2,1-3H3/q+1. The zero-order valence-corrected chi connectivity index (χ0v) is 8.02. The summed E-state index contributed by atoms with van der Waals surface area (Å²) in [5.74, 6) is 0.184. The van der Waals surface area contributed by atoms with Gasteiger partial charge in [0.1, 0.15) is 6.10 Å². The lowest BCUT2D eigenvalue weighted by molar-refractivity contribution is -0.885. The molecule has 10 heavy (non-hydrogen) atoms. The van der Waals surface area contributed by atoms with Gasteiger partial charge in [-0.25, -0.2) is 0 Å². The molecule has 0 fully saturated rings. The Hall–Kier alpha value is 0.500. The number of aliphatic hydroxyl groups excluding tert-OH is 1. The first-order chi connectivity index (χ1) is 4.39. The van der Waals surface area contributed by atoms with Gasteiger partial charge in [-0.3, -0.25) is 0 Å². The average molecular weight is 187 g/mol. The second kappa shape index (κ2) is 3.77. The Labute approximate surface area is 71.9 Å². The average Bonchev–Trinajstić information content (AvgIpc) is 1.83. The van der Waals surface area contributed by atoms with Crippen LogP contribution in [0.5, 0.6) is 0 Å². The molecule has 0 heterocycles. The van der Waals surface area contributed by atoms with Gasteiger partial charge in [-0.1, -0.05) is 11.6 Å². The molecule has 0 aromatic carbocycles. The molecule has 0 saturated heterocycles. The summed E-state index contributed by atoms with van der Waals surface area (Å²) in [6.07, 6.45) is -0.636. The molecule has 0 amide bonds. The third kappa shape index (κ3) is 3.06. The highest BCUT2D eigenvalue weighted by atomic mass is 35.5. The lowest BCUT2D eigenvalue weighted by atomic mass is 10.3. The number of likely N-dealkylation sites (N-methyl/N-ethyl adjacent to an activating group) is 1. The number of halogens is 2. The maximum absolute atomic E-state index is 9.18. The molecule has 2 unspecified atom stereocenters. The molecule has 0 spiro atoms. The highest BCUT2D eigenvalue weighted by Crippen LogP contribution is 2.13. The van der Waals surface area contributed by atoms with Gasteiger partial charge in [0.25, 0.3) is 0 Å². The van der Waals surface area contributed by atoms with Crippen LogP contribution >= 0.6 is 23.2 Å². The van der Waals surface area contributed by atoms with E-state index in [1.807, 2.05) is 21.1 Å². The Kier molecular flexibility index (Phi) is 3.95. The maximum Gasteiger partial charge on any atom is 0.191 e. The van der Waals surface area contributed by atoms with Gasteiger partial charge >= 0.3 is 0 Å². The van der Waals surface area contributed by atoms with Gasteiger partial charge in [-0.2, -0.15) is 0 Å². The van der Waals surface area contributed by atoms with Crippen molar-refractivity contribution in [3.8, 4) is 0 Å². The first kappa shape index (κ1) is 10.5. The minimum Gasteiger partial charge on any atom is -0.384 e. The number of quaternary nitrogens is 1. The summed E-state index contributed by atoms with van der Waals surface area (Å²) in [6, 6.07) is 0. The summed E-state index contributed by atoms with van der Waals surface area (Å²) < 4.78 is 0.509. The van der Waals surface area contributed by atoms with Crippen molar-refractivity contribution in [3.05, 3.63) is 0 Å². The normalized spacial score (nSPS) is 18.6. The van der Waals surface area contributed by atoms with E-state index >= 15 is 0 Å². The first-order valence-electron chi connectivity index (χ1n) is 3.09. The molecule has 0 aliphatic rings. The number of nitrogens with zero attached hydrogens (tertiary/aromatic N) is 1. The van der Waals surface area contributed by atoms with E-state index in [2.05, 4.69) is 0 Å². The van der Waals surface area contributed by atoms with Gasteiger partial charge in [-0.15, -0.1) is 11.6 Å². The Morgan fingerprint density at radius 3 is 1.90 bits per heavy atom. The lowest BCUT2D eigenvalue weighted by Crippen LogP contribution is -2.48. The second-order valence-electron chi connectivity index (χ2n) is 3.21. The van der Waals surface area contributed by atoms with E-state index in [-0.39, 0.29) is 11.4 Å². The zero-order valence-electron chi connectivity index (χ0n) is 6.51. The van der Waals surface area contributed by atoms with Gasteiger partial charge in [-0.05, 0) is 0 Å². The van der Waals surface area contributed by atoms with Crippen molar-refractivity contribution in [3.63, 3.8) is 0 Å². The van der Waals surface area contributed by atoms with Gasteiger partial charge in [0, 0.05) is 0 Å². The van der Waals surface area contributed by atoms with Crippen LogP contribution in [-0.4, -0.2) is 48.2 Å². The van der Waals surface area contributed by atoms with Crippen LogP contribution in [0.15, 0.2) is 0 Å². The van der Waals surface area contributed by atoms with Crippen molar-refractivity contribution in [1.82, 2.24) is 0 Å². The van der Waals surface area contributed by atoms with Gasteiger partial charge < -0.3 is 9.59 Å². The minimum absolute atomic E-state index is 0.184. The van der Waals surface area contributed by atoms with Crippen LogP contribution in [0.3, 0.4) is 0 Å². The van der Waals surface area contributed by atoms with Crippen molar-refractivity contribution in [2.45, 2.75) is 11.6 Å². The van der Waals surface area contributed by atoms with E-state index in [0.717, 1.165) is 0 Å². The topological polar surface area (TPSA) is 20.2 Å². The molecule has 2 atom stereocenters. The molecule has 0 aliphatic heterocycles. The van der Waals surface area contributed by atoms with Crippen molar-refractivity contribution >= 4 is 23.2 Å². The van der Waals surface area contributed by atoms with Gasteiger partial charge in [0.2, 0.25) is 0 Å². The quantitative estimate of drug-likeness (QED) is 0.394. The zero-order chi connectivity index (χ0) is 8.36. The largest absolute Gasteiger partial charge is 0.384 e. The van der Waals surface area contributed by atoms with Crippen LogP contribution in [0.1, 0.15) is 0 Å². The second-order valence-corrected chi connectivity index (χ2v) is 3.97. The summed E-state index contributed by atoms with van der Waals surface area (Å²) in [4.78, 5) is 0. The highest BCUT2D eigenvalue weighted by Gasteiger charge is 2.28. The monoisotopic (exact) mass is 186 g/mol. The lowest BCUT2D eigenvalue weighted by Gasteiger charge is -2.31. The predicted octanol–water partition coefficient (Wildman–Crippen LogP) is 0.857. The van der Waals surface area contributed by atoms with Gasteiger partial charge in [0.15, 0.2) is 5.50 Å². The molecule has 0 saturated carbocycles. The Bertz CT molecular complexity index is 102. The van der Waals surface area contributed by atoms with Crippen LogP contribution in [0.2, 0.25) is 0 Å². The predicted molar refractivity (Wildman–Crippen MR) is 44.4 cm³/mol. The molecule has 62 valence electrons. The third-order valence-corrected chi connectivity index (χ3v) is 2.41. The van der Waals surface area contributed by atoms with Crippen molar-refractivity contribution in [2.75, 3.05) is 27.0 Å². The summed E-state index contributed by atoms with van der Waals surface area (Å²) in [7, 11) is 5.73. The molecular weight excluding hydrogens is 173 g/mol. The molecule has 0 aliphatic carbocycles. The molecule has 4 heteroatoms. The number of alkyl halides is 2. The molecule has 0 aromatic heterocycles. The summed E-state index contributed by atoms with van der Waals surface area (Å²) in [5, 5.41) is 9.18. The Balaban J connectivity index is 3.94. The Morgan fingerprint density at radius 1 is 1.40 bits per heavy atom. The summed E-state index contributed by atoms with van der Waals surface area (Å²) in [5.41, 5.74) is -0.336. The first-order valence-corrected chi connectivity index (χ1v) is 4.06. The Morgan fingerprint density at radius 2 is 1.80 bits per heavy atom. The number of rotatable bonds is 3. The van der Waals surface area contributed by atoms with Crippen molar-refractivity contribution < 1.29 is 9.59 Å². The van der Waals surface area contributed by atoms with Crippen LogP contribution in [0.4, 0.5) is 0 Å². The van der Waals surface area contributed by atoms with Crippen LogP contribution in [0, 0.1) is 0 Å². The van der Waals surface area contributed by atoms with Crippen LogP contribution < -0.4 is 0 Å². The summed E-state index contributed by atoms with van der Waals surface area (Å²) in [6.45, 7) is 0. The fourth-order valence-electron chi connectivity index (χ4n) is 0.590. The van der Waals surface area contributed by atoms with Crippen LogP contribution in [-0.2, 0) is 0 Å². The SMILES string of the molecule is C[N+](C)(C)C(Cl)C(O)CCl. The van der Waals surface area contributed by atoms with Crippen molar-refractivity contribution in [1.29, 1.82) is 0 Å². The minimum atomic E-state index is -0.636. The molecule has 0 radical (unpaired) electrons. The van der Waals surface area contributed by atoms with Crippen LogP contribution in [0.25, 0.3) is 0 Å². The highest BCUT2D eigenvalue weighted by molar-refractivity contribution is 6.22. The fourth-order valence-corrected chi connectivity index (χ4v) is 0.939. The molecule has 0 aromatic rings. The molecule has 1 N–H and O–H groups in total. The third-order valence-electron chi connectivity index (χ3n) is 1.22. The fraction of sp³-hybridized carbons (Fsp3) is 1.00. The van der Waals surface area contributed by atoms with Gasteiger partial charge in [0.05, 0.1) is 27.0 Å². The summed E-state index contributed by atoms with van der Waals surface area (Å²) >= 11 is 11.3. The number of hydrogen-bond donors (Lipinski definition) is 1. The van der Waals surface area contributed by atoms with E-state index in [0.29, 0.717) is 4.48 Å². The van der Waals surface area contributed by atoms with E-state index in [4.69, 9.17) is 23.2 Å². The maximum atomic E-state index is 9.18. The number of aliphatic hydroxyl groups is 1. The molecular formula is C6H14Cl2NO+. The molecule has 0 bridgehead atoms. The van der Waals surface area contributed by atoms with E-state index < -0.39 is 6.10 Å². The van der Waals surface area contributed by atoms with E-state index in [9.17, 15) is 5.11 Å². The smallest absolute Gasteiger partial charge is 0.191 e. The molecule has 2 nitrogen and oxygen atoms in total. The molecule has 0 rings (SSSR count). The van der Waals surface area contributed by atoms with E-state index in [1.54, 1.807) is 0 Å². The number of hydrogen-bond acceptors (Lipinski definition) is 1. The van der Waals surface area contributed by atoms with Crippen molar-refractivity contribution in [2.24, 2.45) is 0 Å². The van der Waals surface area contributed by atoms with E-state index in [1.165, 1.54) is 0 Å².